The molecule has 168 valence electrons. The highest BCUT2D eigenvalue weighted by atomic mass is 79.9. The van der Waals surface area contributed by atoms with Gasteiger partial charge in [0.25, 0.3) is 0 Å². The number of nitrogens with zero attached hydrogens (tertiary/aromatic N) is 3. The number of nitrogens with one attached hydrogen (secondary N) is 1. The SMILES string of the molecule is C=CCn1c(CCCOc2ccc(Br)cc2C)nnc1SCC(=O)Nc1ccc(C)cc1. The minimum Gasteiger partial charge on any atom is -0.493 e. The van der Waals surface area contributed by atoms with Crippen molar-refractivity contribution < 1.29 is 9.53 Å². The second-order valence-electron chi connectivity index (χ2n) is 7.36. The van der Waals surface area contributed by atoms with Gasteiger partial charge in [0.15, 0.2) is 5.16 Å². The first-order valence-electron chi connectivity index (χ1n) is 10.4. The Kier molecular flexibility index (Phi) is 8.93. The van der Waals surface area contributed by atoms with Crippen LogP contribution in [0.25, 0.3) is 0 Å². The summed E-state index contributed by atoms with van der Waals surface area (Å²) in [4.78, 5) is 12.3. The molecule has 1 amide bonds. The highest BCUT2D eigenvalue weighted by molar-refractivity contribution is 9.10. The summed E-state index contributed by atoms with van der Waals surface area (Å²) in [5.74, 6) is 1.93. The van der Waals surface area contributed by atoms with Crippen molar-refractivity contribution in [2.24, 2.45) is 0 Å². The Morgan fingerprint density at radius 3 is 2.72 bits per heavy atom. The van der Waals surface area contributed by atoms with E-state index in [0.717, 1.165) is 45.7 Å². The summed E-state index contributed by atoms with van der Waals surface area (Å²) in [6.45, 7) is 9.06. The van der Waals surface area contributed by atoms with Crippen LogP contribution < -0.4 is 10.1 Å². The van der Waals surface area contributed by atoms with Gasteiger partial charge in [0.05, 0.1) is 12.4 Å². The van der Waals surface area contributed by atoms with Gasteiger partial charge in [-0.25, -0.2) is 0 Å². The van der Waals surface area contributed by atoms with Crippen molar-refractivity contribution in [2.75, 3.05) is 17.7 Å². The van der Waals surface area contributed by atoms with Gasteiger partial charge in [-0.1, -0.05) is 51.5 Å². The van der Waals surface area contributed by atoms with Gasteiger partial charge in [0.2, 0.25) is 5.91 Å². The number of aromatic nitrogens is 3. The number of aryl methyl sites for hydroxylation is 3. The first-order valence-corrected chi connectivity index (χ1v) is 12.2. The van der Waals surface area contributed by atoms with E-state index in [1.165, 1.54) is 11.8 Å². The third-order valence-corrected chi connectivity index (χ3v) is 6.17. The molecule has 0 spiro atoms. The van der Waals surface area contributed by atoms with Crippen molar-refractivity contribution in [1.29, 1.82) is 0 Å². The van der Waals surface area contributed by atoms with Crippen LogP contribution in [0, 0.1) is 13.8 Å². The van der Waals surface area contributed by atoms with Crippen molar-refractivity contribution in [2.45, 2.75) is 38.4 Å². The number of halogens is 1. The summed E-state index contributed by atoms with van der Waals surface area (Å²) in [6, 6.07) is 13.7. The van der Waals surface area contributed by atoms with Crippen LogP contribution in [0.1, 0.15) is 23.4 Å². The summed E-state index contributed by atoms with van der Waals surface area (Å²) in [6.07, 6.45) is 3.35. The average Bonchev–Trinajstić information content (AvgIpc) is 3.14. The molecular formula is C24H27BrN4O2S. The molecule has 1 aromatic heterocycles. The maximum Gasteiger partial charge on any atom is 0.234 e. The molecule has 1 heterocycles. The minimum atomic E-state index is -0.0770. The highest BCUT2D eigenvalue weighted by Gasteiger charge is 2.14. The van der Waals surface area contributed by atoms with Crippen molar-refractivity contribution in [3.8, 4) is 5.75 Å². The van der Waals surface area contributed by atoms with Gasteiger partial charge >= 0.3 is 0 Å². The number of rotatable bonds is 11. The first kappa shape index (κ1) is 24.1. The molecule has 3 aromatic rings. The molecule has 3 rings (SSSR count). The molecule has 32 heavy (non-hydrogen) atoms. The van der Waals surface area contributed by atoms with Crippen LogP contribution >= 0.6 is 27.7 Å². The highest BCUT2D eigenvalue weighted by Crippen LogP contribution is 2.23. The Labute approximate surface area is 201 Å². The molecule has 0 unspecified atom stereocenters. The molecular weight excluding hydrogens is 488 g/mol. The van der Waals surface area contributed by atoms with Gasteiger partial charge in [-0.2, -0.15) is 0 Å². The Morgan fingerprint density at radius 1 is 1.22 bits per heavy atom. The lowest BCUT2D eigenvalue weighted by atomic mass is 10.2. The summed E-state index contributed by atoms with van der Waals surface area (Å²) >= 11 is 4.84. The standard InChI is InChI=1S/C24H27BrN4O2S/c1-4-13-29-22(6-5-14-31-21-12-9-19(25)15-18(21)3)27-28-24(29)32-16-23(30)26-20-10-7-17(2)8-11-20/h4,7-12,15H,1,5-6,13-14,16H2,2-3H3,(H,26,30). The predicted octanol–water partition coefficient (Wildman–Crippen LogP) is 5.59. The van der Waals surface area contributed by atoms with Gasteiger partial charge in [0, 0.05) is 23.1 Å². The fourth-order valence-corrected chi connectivity index (χ4v) is 4.32. The monoisotopic (exact) mass is 514 g/mol. The van der Waals surface area contributed by atoms with Gasteiger partial charge in [-0.15, -0.1) is 16.8 Å². The van der Waals surface area contributed by atoms with Crippen molar-refractivity contribution >= 4 is 39.3 Å². The summed E-state index contributed by atoms with van der Waals surface area (Å²) in [5, 5.41) is 12.2. The van der Waals surface area contributed by atoms with E-state index < -0.39 is 0 Å². The largest absolute Gasteiger partial charge is 0.493 e. The van der Waals surface area contributed by atoms with E-state index in [-0.39, 0.29) is 11.7 Å². The Hall–Kier alpha value is -2.58. The van der Waals surface area contributed by atoms with Gasteiger partial charge in [0.1, 0.15) is 11.6 Å². The Bertz CT molecular complexity index is 1070. The summed E-state index contributed by atoms with van der Waals surface area (Å²) < 4.78 is 8.95. The molecule has 0 radical (unpaired) electrons. The quantitative estimate of drug-likeness (QED) is 0.205. The van der Waals surface area contributed by atoms with E-state index in [4.69, 9.17) is 4.74 Å². The van der Waals surface area contributed by atoms with E-state index in [0.29, 0.717) is 18.3 Å². The van der Waals surface area contributed by atoms with E-state index in [2.05, 4.69) is 38.0 Å². The maximum atomic E-state index is 12.3. The average molecular weight is 515 g/mol. The van der Waals surface area contributed by atoms with Gasteiger partial charge < -0.3 is 14.6 Å². The normalized spacial score (nSPS) is 10.7. The van der Waals surface area contributed by atoms with Crippen LogP contribution in [0.4, 0.5) is 5.69 Å². The lowest BCUT2D eigenvalue weighted by molar-refractivity contribution is -0.113. The second kappa shape index (κ2) is 11.9. The zero-order valence-corrected chi connectivity index (χ0v) is 20.7. The number of ether oxygens (including phenoxy) is 1. The zero-order valence-electron chi connectivity index (χ0n) is 18.3. The van der Waals surface area contributed by atoms with E-state index >= 15 is 0 Å². The molecule has 0 atom stereocenters. The lowest BCUT2D eigenvalue weighted by Crippen LogP contribution is -2.14. The molecule has 0 saturated heterocycles. The number of benzene rings is 2. The molecule has 8 heteroatoms. The molecule has 0 fully saturated rings. The van der Waals surface area contributed by atoms with E-state index in [1.54, 1.807) is 0 Å². The van der Waals surface area contributed by atoms with Crippen molar-refractivity contribution in [3.05, 3.63) is 76.5 Å². The first-order chi connectivity index (χ1) is 15.5. The predicted molar refractivity (Wildman–Crippen MR) is 133 cm³/mol. The van der Waals surface area contributed by atoms with Crippen LogP contribution in [0.5, 0.6) is 5.75 Å². The fourth-order valence-electron chi connectivity index (χ4n) is 3.07. The second-order valence-corrected chi connectivity index (χ2v) is 9.22. The van der Waals surface area contributed by atoms with Crippen LogP contribution in [0.3, 0.4) is 0 Å². The maximum absolute atomic E-state index is 12.3. The fraction of sp³-hybridized carbons (Fsp3) is 0.292. The number of carbonyl (C=O) groups is 1. The minimum absolute atomic E-state index is 0.0770. The van der Waals surface area contributed by atoms with Gasteiger partial charge in [-0.05, 0) is 56.2 Å². The van der Waals surface area contributed by atoms with Crippen LogP contribution in [-0.2, 0) is 17.8 Å². The third kappa shape index (κ3) is 6.97. The number of hydrogen-bond acceptors (Lipinski definition) is 5. The number of anilines is 1. The Morgan fingerprint density at radius 2 is 2.00 bits per heavy atom. The van der Waals surface area contributed by atoms with Crippen LogP contribution in [0.2, 0.25) is 0 Å². The molecule has 0 aliphatic carbocycles. The van der Waals surface area contributed by atoms with E-state index in [9.17, 15) is 4.79 Å². The lowest BCUT2D eigenvalue weighted by Gasteiger charge is -2.10. The molecule has 0 saturated carbocycles. The topological polar surface area (TPSA) is 69.0 Å². The van der Waals surface area contributed by atoms with Crippen molar-refractivity contribution in [1.82, 2.24) is 14.8 Å². The summed E-state index contributed by atoms with van der Waals surface area (Å²) in [5.41, 5.74) is 3.03. The molecule has 0 aliphatic heterocycles. The smallest absolute Gasteiger partial charge is 0.234 e. The number of thioether (sulfide) groups is 1. The number of amides is 1. The van der Waals surface area contributed by atoms with Crippen LogP contribution in [0.15, 0.2) is 64.7 Å². The number of allylic oxidation sites excluding steroid dienone is 1. The zero-order chi connectivity index (χ0) is 22.9. The van der Waals surface area contributed by atoms with E-state index in [1.807, 2.05) is 67.0 Å². The molecule has 0 bridgehead atoms. The molecule has 2 aromatic carbocycles. The molecule has 1 N–H and O–H groups in total. The Balaban J connectivity index is 1.52. The van der Waals surface area contributed by atoms with Crippen LogP contribution in [-0.4, -0.2) is 33.0 Å². The third-order valence-electron chi connectivity index (χ3n) is 4.71. The molecule has 6 nitrogen and oxygen atoms in total. The molecule has 0 aliphatic rings. The summed E-state index contributed by atoms with van der Waals surface area (Å²) in [7, 11) is 0. The number of carbonyl (C=O) groups excluding carboxylic acids is 1. The number of hydrogen-bond donors (Lipinski definition) is 1. The van der Waals surface area contributed by atoms with Crippen molar-refractivity contribution in [3.63, 3.8) is 0 Å². The van der Waals surface area contributed by atoms with Gasteiger partial charge in [-0.3, -0.25) is 4.79 Å².